The van der Waals surface area contributed by atoms with Crippen molar-refractivity contribution in [2.24, 2.45) is 12.2 Å². The molecule has 0 saturated heterocycles. The van der Waals surface area contributed by atoms with Gasteiger partial charge in [-0.05, 0) is 41.8 Å². The molecule has 0 N–H and O–H groups in total. The lowest BCUT2D eigenvalue weighted by Gasteiger charge is -2.12. The van der Waals surface area contributed by atoms with E-state index in [1.165, 1.54) is 9.36 Å². The summed E-state index contributed by atoms with van der Waals surface area (Å²) in [5.41, 5.74) is 3.37. The van der Waals surface area contributed by atoms with E-state index in [9.17, 15) is 4.79 Å². The maximum atomic E-state index is 12.1. The molecule has 7 heteroatoms. The second kappa shape index (κ2) is 7.71. The third kappa shape index (κ3) is 3.85. The highest BCUT2D eigenvalue weighted by Gasteiger charge is 2.14. The molecule has 2 aromatic rings. The van der Waals surface area contributed by atoms with Crippen molar-refractivity contribution in [2.45, 2.75) is 46.6 Å². The summed E-state index contributed by atoms with van der Waals surface area (Å²) in [5.74, 6) is 0. The number of hydrogen-bond donors (Lipinski definition) is 0. The highest BCUT2D eigenvalue weighted by Crippen LogP contribution is 2.19. The number of tetrazole rings is 1. The molecule has 0 aliphatic carbocycles. The van der Waals surface area contributed by atoms with Crippen molar-refractivity contribution in [3.8, 4) is 5.69 Å². The van der Waals surface area contributed by atoms with E-state index in [4.69, 9.17) is 4.84 Å². The third-order valence-electron chi connectivity index (χ3n) is 3.62. The van der Waals surface area contributed by atoms with Crippen LogP contribution in [0, 0.1) is 0 Å². The Morgan fingerprint density at radius 1 is 1.30 bits per heavy atom. The van der Waals surface area contributed by atoms with E-state index in [1.807, 2.05) is 25.1 Å². The first-order chi connectivity index (χ1) is 11.1. The van der Waals surface area contributed by atoms with Crippen LogP contribution in [0.2, 0.25) is 0 Å². The van der Waals surface area contributed by atoms with Crippen molar-refractivity contribution >= 4 is 5.71 Å². The minimum absolute atomic E-state index is 0.287. The van der Waals surface area contributed by atoms with Crippen LogP contribution in [0.15, 0.2) is 28.1 Å². The van der Waals surface area contributed by atoms with Crippen molar-refractivity contribution in [2.75, 3.05) is 0 Å². The van der Waals surface area contributed by atoms with E-state index in [2.05, 4.69) is 29.4 Å². The molecule has 1 aromatic carbocycles. The van der Waals surface area contributed by atoms with Gasteiger partial charge in [0.15, 0.2) is 0 Å². The van der Waals surface area contributed by atoms with Crippen LogP contribution in [0.4, 0.5) is 0 Å². The molecule has 0 unspecified atom stereocenters. The van der Waals surface area contributed by atoms with Crippen LogP contribution in [0.3, 0.4) is 0 Å². The van der Waals surface area contributed by atoms with Crippen molar-refractivity contribution < 1.29 is 4.84 Å². The van der Waals surface area contributed by atoms with Crippen LogP contribution in [0.1, 0.15) is 44.7 Å². The molecule has 2 rings (SSSR count). The fourth-order valence-corrected chi connectivity index (χ4v) is 2.40. The zero-order chi connectivity index (χ0) is 16.8. The highest BCUT2D eigenvalue weighted by atomic mass is 16.6. The molecule has 0 fully saturated rings. The number of nitrogens with zero attached hydrogens (tertiary/aromatic N) is 5. The van der Waals surface area contributed by atoms with Gasteiger partial charge in [-0.1, -0.05) is 37.6 Å². The Bertz CT molecular complexity index is 745. The SMILES string of the molecule is CCCC(C)=NOCc1c(CC)cccc1-n1nnn(C)c1=O. The Kier molecular flexibility index (Phi) is 5.67. The molecule has 0 aliphatic rings. The second-order valence-corrected chi connectivity index (χ2v) is 5.42. The summed E-state index contributed by atoms with van der Waals surface area (Å²) < 4.78 is 2.49. The summed E-state index contributed by atoms with van der Waals surface area (Å²) in [6.45, 7) is 6.41. The molecule has 1 heterocycles. The summed E-state index contributed by atoms with van der Waals surface area (Å²) in [6.07, 6.45) is 2.77. The molecule has 0 atom stereocenters. The molecule has 7 nitrogen and oxygen atoms in total. The number of benzene rings is 1. The number of rotatable bonds is 7. The van der Waals surface area contributed by atoms with Gasteiger partial charge in [0.1, 0.15) is 6.61 Å². The van der Waals surface area contributed by atoms with Gasteiger partial charge in [0.05, 0.1) is 11.4 Å². The summed E-state index contributed by atoms with van der Waals surface area (Å²) in [7, 11) is 1.57. The summed E-state index contributed by atoms with van der Waals surface area (Å²) in [5, 5.41) is 11.8. The Hall–Kier alpha value is -2.44. The summed E-state index contributed by atoms with van der Waals surface area (Å²) in [4.78, 5) is 17.6. The van der Waals surface area contributed by atoms with Gasteiger partial charge in [-0.25, -0.2) is 4.79 Å². The van der Waals surface area contributed by atoms with Gasteiger partial charge >= 0.3 is 5.69 Å². The number of hydrogen-bond acceptors (Lipinski definition) is 5. The standard InChI is InChI=1S/C16H23N5O2/c1-5-8-12(3)17-23-11-14-13(6-2)9-7-10-15(14)21-16(22)20(4)18-19-21/h7,9-10H,5-6,8,11H2,1-4H3. The Balaban J connectivity index is 2.35. The van der Waals surface area contributed by atoms with E-state index in [0.717, 1.165) is 36.1 Å². The molecule has 0 radical (unpaired) electrons. The van der Waals surface area contributed by atoms with E-state index >= 15 is 0 Å². The van der Waals surface area contributed by atoms with E-state index in [0.29, 0.717) is 12.3 Å². The lowest BCUT2D eigenvalue weighted by molar-refractivity contribution is 0.129. The number of oxime groups is 1. The molecular weight excluding hydrogens is 294 g/mol. The topological polar surface area (TPSA) is 74.3 Å². The second-order valence-electron chi connectivity index (χ2n) is 5.42. The Morgan fingerprint density at radius 3 is 2.70 bits per heavy atom. The zero-order valence-corrected chi connectivity index (χ0v) is 14.1. The first kappa shape index (κ1) is 16.9. The van der Waals surface area contributed by atoms with Crippen molar-refractivity contribution in [3.05, 3.63) is 39.8 Å². The van der Waals surface area contributed by atoms with Crippen molar-refractivity contribution in [1.29, 1.82) is 0 Å². The summed E-state index contributed by atoms with van der Waals surface area (Å²) in [6, 6.07) is 5.77. The lowest BCUT2D eigenvalue weighted by Crippen LogP contribution is -2.23. The smallest absolute Gasteiger partial charge is 0.368 e. The quantitative estimate of drug-likeness (QED) is 0.580. The normalized spacial score (nSPS) is 11.7. The maximum Gasteiger partial charge on any atom is 0.368 e. The van der Waals surface area contributed by atoms with Crippen LogP contribution in [0.5, 0.6) is 0 Å². The van der Waals surface area contributed by atoms with Gasteiger partial charge < -0.3 is 4.84 Å². The molecule has 23 heavy (non-hydrogen) atoms. The molecule has 124 valence electrons. The largest absolute Gasteiger partial charge is 0.391 e. The van der Waals surface area contributed by atoms with Crippen LogP contribution in [0.25, 0.3) is 5.69 Å². The van der Waals surface area contributed by atoms with E-state index < -0.39 is 0 Å². The van der Waals surface area contributed by atoms with E-state index in [-0.39, 0.29) is 5.69 Å². The van der Waals surface area contributed by atoms with Crippen LogP contribution >= 0.6 is 0 Å². The van der Waals surface area contributed by atoms with Crippen LogP contribution < -0.4 is 5.69 Å². The highest BCUT2D eigenvalue weighted by molar-refractivity contribution is 5.81. The average molecular weight is 317 g/mol. The number of aryl methyl sites for hydroxylation is 2. The van der Waals surface area contributed by atoms with Crippen LogP contribution in [-0.2, 0) is 24.9 Å². The first-order valence-electron chi connectivity index (χ1n) is 7.84. The first-order valence-corrected chi connectivity index (χ1v) is 7.84. The lowest BCUT2D eigenvalue weighted by atomic mass is 10.0. The average Bonchev–Trinajstić information content (AvgIpc) is 2.87. The molecular formula is C16H23N5O2. The minimum atomic E-state index is -0.287. The predicted octanol–water partition coefficient (Wildman–Crippen LogP) is 2.22. The van der Waals surface area contributed by atoms with Crippen molar-refractivity contribution in [3.63, 3.8) is 0 Å². The fraction of sp³-hybridized carbons (Fsp3) is 0.500. The molecule has 0 spiro atoms. The summed E-state index contributed by atoms with van der Waals surface area (Å²) >= 11 is 0. The molecule has 1 aromatic heterocycles. The Labute approximate surface area is 135 Å². The van der Waals surface area contributed by atoms with E-state index in [1.54, 1.807) is 7.05 Å². The predicted molar refractivity (Wildman–Crippen MR) is 88.8 cm³/mol. The molecule has 0 amide bonds. The third-order valence-corrected chi connectivity index (χ3v) is 3.62. The van der Waals surface area contributed by atoms with Gasteiger partial charge in [-0.3, -0.25) is 0 Å². The van der Waals surface area contributed by atoms with Gasteiger partial charge in [-0.2, -0.15) is 9.36 Å². The van der Waals surface area contributed by atoms with Gasteiger partial charge in [-0.15, -0.1) is 0 Å². The minimum Gasteiger partial charge on any atom is -0.391 e. The Morgan fingerprint density at radius 2 is 2.09 bits per heavy atom. The molecule has 0 bridgehead atoms. The van der Waals surface area contributed by atoms with Crippen molar-refractivity contribution in [1.82, 2.24) is 19.8 Å². The van der Waals surface area contributed by atoms with Crippen LogP contribution in [-0.4, -0.2) is 25.5 Å². The number of aromatic nitrogens is 4. The maximum absolute atomic E-state index is 12.1. The fourth-order valence-electron chi connectivity index (χ4n) is 2.40. The zero-order valence-electron chi connectivity index (χ0n) is 14.1. The molecule has 0 saturated carbocycles. The van der Waals surface area contributed by atoms with Gasteiger partial charge in [0.2, 0.25) is 0 Å². The molecule has 0 aliphatic heterocycles. The monoisotopic (exact) mass is 317 g/mol. The van der Waals surface area contributed by atoms with Gasteiger partial charge in [0.25, 0.3) is 0 Å². The van der Waals surface area contributed by atoms with Gasteiger partial charge in [0, 0.05) is 12.6 Å².